The second-order valence-electron chi connectivity index (χ2n) is 3.41. The van der Waals surface area contributed by atoms with Crippen LogP contribution >= 0.6 is 22.6 Å². The van der Waals surface area contributed by atoms with Gasteiger partial charge in [-0.05, 0) is 46.9 Å². The number of benzene rings is 2. The van der Waals surface area contributed by atoms with Gasteiger partial charge in [-0.1, -0.05) is 24.3 Å². The van der Waals surface area contributed by atoms with Crippen LogP contribution < -0.4 is 5.32 Å². The SMILES string of the molecule is O=C(Nc1ccccc1I)c1ccccc1F. The van der Waals surface area contributed by atoms with Crippen LogP contribution in [0.1, 0.15) is 10.4 Å². The Morgan fingerprint density at radius 2 is 1.71 bits per heavy atom. The molecule has 2 rings (SSSR count). The van der Waals surface area contributed by atoms with E-state index in [4.69, 9.17) is 0 Å². The summed E-state index contributed by atoms with van der Waals surface area (Å²) in [4.78, 5) is 11.8. The topological polar surface area (TPSA) is 29.1 Å². The van der Waals surface area contributed by atoms with E-state index >= 15 is 0 Å². The number of rotatable bonds is 2. The van der Waals surface area contributed by atoms with Crippen LogP contribution in [0.3, 0.4) is 0 Å². The predicted molar refractivity (Wildman–Crippen MR) is 73.5 cm³/mol. The van der Waals surface area contributed by atoms with Crippen LogP contribution in [-0.2, 0) is 0 Å². The first-order valence-corrected chi connectivity index (χ1v) is 6.07. The third-order valence-electron chi connectivity index (χ3n) is 2.24. The number of nitrogens with one attached hydrogen (secondary N) is 1. The Labute approximate surface area is 112 Å². The van der Waals surface area contributed by atoms with Crippen molar-refractivity contribution in [1.82, 2.24) is 0 Å². The van der Waals surface area contributed by atoms with E-state index in [1.165, 1.54) is 12.1 Å². The molecule has 0 saturated heterocycles. The third kappa shape index (κ3) is 2.82. The van der Waals surface area contributed by atoms with Gasteiger partial charge >= 0.3 is 0 Å². The molecular weight excluding hydrogens is 332 g/mol. The van der Waals surface area contributed by atoms with Gasteiger partial charge in [0.2, 0.25) is 0 Å². The van der Waals surface area contributed by atoms with Crippen molar-refractivity contribution in [2.24, 2.45) is 0 Å². The molecule has 2 aromatic rings. The fraction of sp³-hybridized carbons (Fsp3) is 0. The van der Waals surface area contributed by atoms with Gasteiger partial charge in [-0.15, -0.1) is 0 Å². The van der Waals surface area contributed by atoms with Crippen LogP contribution in [0, 0.1) is 9.39 Å². The third-order valence-corrected chi connectivity index (χ3v) is 3.18. The van der Waals surface area contributed by atoms with Crippen molar-refractivity contribution in [3.63, 3.8) is 0 Å². The Kier molecular flexibility index (Phi) is 3.73. The lowest BCUT2D eigenvalue weighted by Gasteiger charge is -2.07. The summed E-state index contributed by atoms with van der Waals surface area (Å²) in [5.41, 5.74) is 0.730. The molecule has 0 aliphatic carbocycles. The van der Waals surface area contributed by atoms with Crippen LogP contribution in [0.25, 0.3) is 0 Å². The summed E-state index contributed by atoms with van der Waals surface area (Å²) in [5.74, 6) is -0.955. The monoisotopic (exact) mass is 341 g/mol. The zero-order valence-electron chi connectivity index (χ0n) is 8.78. The van der Waals surface area contributed by atoms with Gasteiger partial charge in [0.15, 0.2) is 0 Å². The second-order valence-corrected chi connectivity index (χ2v) is 4.58. The molecule has 1 N–H and O–H groups in total. The van der Waals surface area contributed by atoms with E-state index < -0.39 is 11.7 Å². The van der Waals surface area contributed by atoms with E-state index in [2.05, 4.69) is 27.9 Å². The van der Waals surface area contributed by atoms with E-state index in [1.54, 1.807) is 18.2 Å². The fourth-order valence-corrected chi connectivity index (χ4v) is 1.92. The molecule has 1 amide bonds. The van der Waals surface area contributed by atoms with E-state index in [0.29, 0.717) is 5.69 Å². The number of anilines is 1. The average molecular weight is 341 g/mol. The molecule has 2 nitrogen and oxygen atoms in total. The molecule has 0 saturated carbocycles. The summed E-state index contributed by atoms with van der Waals surface area (Å²) in [6, 6.07) is 13.3. The number of hydrogen-bond donors (Lipinski definition) is 1. The molecule has 4 heteroatoms. The standard InChI is InChI=1S/C13H9FINO/c14-10-6-2-1-5-9(10)13(17)16-12-8-4-3-7-11(12)15/h1-8H,(H,16,17). The van der Waals surface area contributed by atoms with E-state index in [1.807, 2.05) is 18.2 Å². The van der Waals surface area contributed by atoms with Gasteiger partial charge in [0.05, 0.1) is 11.3 Å². The minimum Gasteiger partial charge on any atom is -0.321 e. The normalized spacial score (nSPS) is 10.0. The summed E-state index contributed by atoms with van der Waals surface area (Å²) in [7, 11) is 0. The van der Waals surface area contributed by atoms with Crippen molar-refractivity contribution < 1.29 is 9.18 Å². The molecule has 2 aromatic carbocycles. The number of carbonyl (C=O) groups is 1. The first-order chi connectivity index (χ1) is 8.18. The van der Waals surface area contributed by atoms with Crippen molar-refractivity contribution in [1.29, 1.82) is 0 Å². The van der Waals surface area contributed by atoms with Crippen LogP contribution in [0.15, 0.2) is 48.5 Å². The summed E-state index contributed by atoms with van der Waals surface area (Å²) < 4.78 is 14.3. The molecule has 0 radical (unpaired) electrons. The smallest absolute Gasteiger partial charge is 0.258 e. The van der Waals surface area contributed by atoms with Gasteiger partial charge in [-0.2, -0.15) is 0 Å². The number of halogens is 2. The van der Waals surface area contributed by atoms with E-state index in [0.717, 1.165) is 3.57 Å². The van der Waals surface area contributed by atoms with E-state index in [9.17, 15) is 9.18 Å². The maximum Gasteiger partial charge on any atom is 0.258 e. The van der Waals surface area contributed by atoms with Crippen molar-refractivity contribution in [2.75, 3.05) is 5.32 Å². The van der Waals surface area contributed by atoms with Crippen LogP contribution in [-0.4, -0.2) is 5.91 Å². The van der Waals surface area contributed by atoms with Crippen molar-refractivity contribution >= 4 is 34.2 Å². The first kappa shape index (κ1) is 12.0. The number of amides is 1. The minimum atomic E-state index is -0.518. The quantitative estimate of drug-likeness (QED) is 0.830. The van der Waals surface area contributed by atoms with Crippen molar-refractivity contribution in [3.8, 4) is 0 Å². The second kappa shape index (κ2) is 5.27. The minimum absolute atomic E-state index is 0.0483. The van der Waals surface area contributed by atoms with Crippen molar-refractivity contribution in [3.05, 3.63) is 63.5 Å². The molecule has 0 aliphatic heterocycles. The van der Waals surface area contributed by atoms with Gasteiger partial charge in [-0.3, -0.25) is 4.79 Å². The highest BCUT2D eigenvalue weighted by Gasteiger charge is 2.11. The highest BCUT2D eigenvalue weighted by Crippen LogP contribution is 2.18. The zero-order chi connectivity index (χ0) is 12.3. The number of hydrogen-bond acceptors (Lipinski definition) is 1. The Balaban J connectivity index is 2.24. The maximum atomic E-state index is 13.4. The molecule has 0 aromatic heterocycles. The molecule has 0 fully saturated rings. The lowest BCUT2D eigenvalue weighted by atomic mass is 10.2. The molecule has 0 aliphatic rings. The Hall–Kier alpha value is -1.43. The molecule has 0 atom stereocenters. The molecule has 0 unspecified atom stereocenters. The van der Waals surface area contributed by atoms with Crippen LogP contribution in [0.2, 0.25) is 0 Å². The number of para-hydroxylation sites is 1. The van der Waals surface area contributed by atoms with Gasteiger partial charge in [0, 0.05) is 3.57 Å². The molecule has 0 bridgehead atoms. The molecule has 0 heterocycles. The van der Waals surface area contributed by atoms with Gasteiger partial charge in [0.25, 0.3) is 5.91 Å². The van der Waals surface area contributed by atoms with Crippen molar-refractivity contribution in [2.45, 2.75) is 0 Å². The van der Waals surface area contributed by atoms with Crippen LogP contribution in [0.4, 0.5) is 10.1 Å². The fourth-order valence-electron chi connectivity index (χ4n) is 1.40. The maximum absolute atomic E-state index is 13.4. The van der Waals surface area contributed by atoms with Crippen LogP contribution in [0.5, 0.6) is 0 Å². The average Bonchev–Trinajstić information content (AvgIpc) is 2.32. The van der Waals surface area contributed by atoms with Gasteiger partial charge < -0.3 is 5.32 Å². The molecule has 17 heavy (non-hydrogen) atoms. The molecular formula is C13H9FINO. The summed E-state index contributed by atoms with van der Waals surface area (Å²) in [6.45, 7) is 0. The predicted octanol–water partition coefficient (Wildman–Crippen LogP) is 3.68. The highest BCUT2D eigenvalue weighted by atomic mass is 127. The Morgan fingerprint density at radius 1 is 1.06 bits per heavy atom. The van der Waals surface area contributed by atoms with Gasteiger partial charge in [0.1, 0.15) is 5.82 Å². The molecule has 86 valence electrons. The Morgan fingerprint density at radius 3 is 2.41 bits per heavy atom. The zero-order valence-corrected chi connectivity index (χ0v) is 10.9. The van der Waals surface area contributed by atoms with Gasteiger partial charge in [-0.25, -0.2) is 4.39 Å². The number of carbonyl (C=O) groups excluding carboxylic acids is 1. The van der Waals surface area contributed by atoms with E-state index in [-0.39, 0.29) is 5.56 Å². The summed E-state index contributed by atoms with van der Waals surface area (Å²) >= 11 is 2.11. The highest BCUT2D eigenvalue weighted by molar-refractivity contribution is 14.1. The Bertz CT molecular complexity index is 557. The molecule has 0 spiro atoms. The first-order valence-electron chi connectivity index (χ1n) is 4.99. The summed E-state index contributed by atoms with van der Waals surface area (Å²) in [5, 5.41) is 2.68. The largest absolute Gasteiger partial charge is 0.321 e. The lowest BCUT2D eigenvalue weighted by molar-refractivity contribution is 0.102. The lowest BCUT2D eigenvalue weighted by Crippen LogP contribution is -2.14. The summed E-state index contributed by atoms with van der Waals surface area (Å²) in [6.07, 6.45) is 0.